The van der Waals surface area contributed by atoms with Crippen molar-refractivity contribution in [2.45, 2.75) is 39.5 Å². The van der Waals surface area contributed by atoms with E-state index in [1.807, 2.05) is 26.5 Å². The lowest BCUT2D eigenvalue weighted by Gasteiger charge is -2.39. The minimum absolute atomic E-state index is 0.414. The fourth-order valence-corrected chi connectivity index (χ4v) is 3.89. The molecule has 0 radical (unpaired) electrons. The summed E-state index contributed by atoms with van der Waals surface area (Å²) >= 11 is 0. The van der Waals surface area contributed by atoms with E-state index in [4.69, 9.17) is 9.47 Å². The quantitative estimate of drug-likeness (QED) is 0.389. The topological polar surface area (TPSA) is 63.9 Å². The van der Waals surface area contributed by atoms with E-state index in [0.717, 1.165) is 38.6 Å². The Labute approximate surface area is 180 Å². The van der Waals surface area contributed by atoms with Gasteiger partial charge in [0.15, 0.2) is 5.96 Å². The van der Waals surface area contributed by atoms with Crippen LogP contribution in [0.15, 0.2) is 48.0 Å². The molecule has 1 N–H and O–H groups in total. The number of hydrogen-bond donors (Lipinski definition) is 1. The van der Waals surface area contributed by atoms with E-state index >= 15 is 0 Å². The van der Waals surface area contributed by atoms with Crippen LogP contribution in [0.25, 0.3) is 0 Å². The molecular formula is C23H35N5O2. The zero-order chi connectivity index (χ0) is 21.2. The van der Waals surface area contributed by atoms with E-state index in [9.17, 15) is 0 Å². The minimum atomic E-state index is 0.414. The molecule has 2 atom stereocenters. The molecular weight excluding hydrogens is 378 g/mol. The highest BCUT2D eigenvalue weighted by Gasteiger charge is 2.28. The van der Waals surface area contributed by atoms with Crippen LogP contribution in [-0.2, 0) is 22.6 Å². The summed E-state index contributed by atoms with van der Waals surface area (Å²) in [6.07, 6.45) is 6.97. The van der Waals surface area contributed by atoms with Gasteiger partial charge in [-0.15, -0.1) is 0 Å². The highest BCUT2D eigenvalue weighted by Crippen LogP contribution is 2.27. The lowest BCUT2D eigenvalue weighted by atomic mass is 9.93. The normalized spacial score (nSPS) is 19.8. The number of benzene rings is 1. The van der Waals surface area contributed by atoms with Crippen molar-refractivity contribution in [3.8, 4) is 0 Å². The van der Waals surface area contributed by atoms with Gasteiger partial charge in [-0.2, -0.15) is 0 Å². The van der Waals surface area contributed by atoms with Gasteiger partial charge in [0, 0.05) is 45.7 Å². The molecule has 0 bridgehead atoms. The largest absolute Gasteiger partial charge is 0.379 e. The predicted octanol–water partition coefficient (Wildman–Crippen LogP) is 3.09. The molecule has 2 heterocycles. The van der Waals surface area contributed by atoms with E-state index in [1.54, 1.807) is 0 Å². The predicted molar refractivity (Wildman–Crippen MR) is 119 cm³/mol. The fraction of sp³-hybridized carbons (Fsp3) is 0.565. The summed E-state index contributed by atoms with van der Waals surface area (Å²) in [5.74, 6) is 1.57. The molecule has 7 nitrogen and oxygen atoms in total. The Morgan fingerprint density at radius 2 is 2.10 bits per heavy atom. The van der Waals surface area contributed by atoms with E-state index < -0.39 is 0 Å². The second kappa shape index (κ2) is 11.7. The number of nitrogens with one attached hydrogen (secondary N) is 1. The molecule has 2 aromatic rings. The molecule has 0 spiro atoms. The molecule has 0 amide bonds. The average Bonchev–Trinajstić information content (AvgIpc) is 3.30. The van der Waals surface area contributed by atoms with Crippen LogP contribution in [0.3, 0.4) is 0 Å². The highest BCUT2D eigenvalue weighted by molar-refractivity contribution is 5.80. The summed E-state index contributed by atoms with van der Waals surface area (Å²) in [5.41, 5.74) is 2.39. The lowest BCUT2D eigenvalue weighted by molar-refractivity contribution is 0.0453. The maximum absolute atomic E-state index is 5.69. The van der Waals surface area contributed by atoms with Gasteiger partial charge in [-0.1, -0.05) is 31.2 Å². The molecule has 1 saturated heterocycles. The van der Waals surface area contributed by atoms with Gasteiger partial charge in [0.25, 0.3) is 0 Å². The number of aromatic nitrogens is 2. The van der Waals surface area contributed by atoms with Crippen molar-refractivity contribution < 1.29 is 9.47 Å². The third-order valence-electron chi connectivity index (χ3n) is 5.62. The van der Waals surface area contributed by atoms with Crippen molar-refractivity contribution in [2.24, 2.45) is 10.9 Å². The Bertz CT molecular complexity index is 778. The number of guanidine groups is 1. The SMILES string of the molecule is CCOCCOCc1cccc(CNC(=NC)N2CCC(C)C(n3ccnc3)C2)c1. The van der Waals surface area contributed by atoms with Crippen molar-refractivity contribution in [1.29, 1.82) is 0 Å². The second-order valence-electron chi connectivity index (χ2n) is 7.76. The van der Waals surface area contributed by atoms with Crippen LogP contribution < -0.4 is 5.32 Å². The summed E-state index contributed by atoms with van der Waals surface area (Å²) in [5, 5.41) is 3.54. The van der Waals surface area contributed by atoms with E-state index in [1.165, 1.54) is 11.1 Å². The summed E-state index contributed by atoms with van der Waals surface area (Å²) < 4.78 is 13.2. The number of rotatable bonds is 9. The molecule has 164 valence electrons. The number of piperidine rings is 1. The van der Waals surface area contributed by atoms with Gasteiger partial charge < -0.3 is 24.3 Å². The van der Waals surface area contributed by atoms with Crippen LogP contribution in [0.1, 0.15) is 37.4 Å². The van der Waals surface area contributed by atoms with Gasteiger partial charge in [-0.25, -0.2) is 4.98 Å². The highest BCUT2D eigenvalue weighted by atomic mass is 16.5. The van der Waals surface area contributed by atoms with E-state index in [0.29, 0.717) is 31.8 Å². The van der Waals surface area contributed by atoms with E-state index in [2.05, 4.69) is 62.1 Å². The van der Waals surface area contributed by atoms with Crippen LogP contribution in [0.2, 0.25) is 0 Å². The Morgan fingerprint density at radius 3 is 2.87 bits per heavy atom. The second-order valence-corrected chi connectivity index (χ2v) is 7.76. The number of aliphatic imine (C=N–C) groups is 1. The van der Waals surface area contributed by atoms with Crippen LogP contribution in [0, 0.1) is 5.92 Å². The van der Waals surface area contributed by atoms with Gasteiger partial charge >= 0.3 is 0 Å². The average molecular weight is 414 g/mol. The summed E-state index contributed by atoms with van der Waals surface area (Å²) in [4.78, 5) is 11.1. The van der Waals surface area contributed by atoms with Crippen molar-refractivity contribution in [3.63, 3.8) is 0 Å². The molecule has 2 unspecified atom stereocenters. The minimum Gasteiger partial charge on any atom is -0.379 e. The van der Waals surface area contributed by atoms with Gasteiger partial charge in [0.1, 0.15) is 0 Å². The first kappa shape index (κ1) is 22.3. The van der Waals surface area contributed by atoms with Crippen molar-refractivity contribution in [2.75, 3.05) is 40.0 Å². The third kappa shape index (κ3) is 6.31. The standard InChI is InChI=1S/C23H35N5O2/c1-4-29-12-13-30-17-21-7-5-6-20(14-21)15-26-23(24-3)27-10-8-19(2)22(16-27)28-11-9-25-18-28/h5-7,9,11,14,18-19,22H,4,8,10,12-13,15-17H2,1-3H3,(H,24,26). The Kier molecular flexibility index (Phi) is 8.71. The number of nitrogens with zero attached hydrogens (tertiary/aromatic N) is 4. The van der Waals surface area contributed by atoms with Crippen molar-refractivity contribution >= 4 is 5.96 Å². The Morgan fingerprint density at radius 1 is 1.27 bits per heavy atom. The number of hydrogen-bond acceptors (Lipinski definition) is 4. The fourth-order valence-electron chi connectivity index (χ4n) is 3.89. The molecule has 1 aromatic carbocycles. The first-order valence-corrected chi connectivity index (χ1v) is 10.9. The van der Waals surface area contributed by atoms with Gasteiger partial charge in [0.2, 0.25) is 0 Å². The molecule has 7 heteroatoms. The maximum Gasteiger partial charge on any atom is 0.193 e. The van der Waals surface area contributed by atoms with Gasteiger partial charge in [0.05, 0.1) is 32.2 Å². The molecule has 1 aliphatic heterocycles. The molecule has 0 aliphatic carbocycles. The van der Waals surface area contributed by atoms with Crippen LogP contribution in [0.4, 0.5) is 0 Å². The zero-order valence-electron chi connectivity index (χ0n) is 18.5. The molecule has 30 heavy (non-hydrogen) atoms. The van der Waals surface area contributed by atoms with Crippen LogP contribution in [0.5, 0.6) is 0 Å². The number of likely N-dealkylation sites (tertiary alicyclic amines) is 1. The summed E-state index contributed by atoms with van der Waals surface area (Å²) in [7, 11) is 1.86. The molecule has 0 saturated carbocycles. The molecule has 1 aromatic heterocycles. The van der Waals surface area contributed by atoms with E-state index in [-0.39, 0.29) is 0 Å². The zero-order valence-corrected chi connectivity index (χ0v) is 18.5. The molecule has 3 rings (SSSR count). The molecule has 1 fully saturated rings. The lowest BCUT2D eigenvalue weighted by Crippen LogP contribution is -2.48. The van der Waals surface area contributed by atoms with Crippen molar-refractivity contribution in [1.82, 2.24) is 19.8 Å². The van der Waals surface area contributed by atoms with Gasteiger partial charge in [-0.3, -0.25) is 4.99 Å². The van der Waals surface area contributed by atoms with Crippen LogP contribution in [-0.4, -0.2) is 60.4 Å². The van der Waals surface area contributed by atoms with Crippen LogP contribution >= 0.6 is 0 Å². The Balaban J connectivity index is 1.52. The number of imidazole rings is 1. The first-order chi connectivity index (χ1) is 14.7. The molecule has 1 aliphatic rings. The number of ether oxygens (including phenoxy) is 2. The van der Waals surface area contributed by atoms with Gasteiger partial charge in [-0.05, 0) is 30.4 Å². The summed E-state index contributed by atoms with van der Waals surface area (Å²) in [6, 6.07) is 8.92. The first-order valence-electron chi connectivity index (χ1n) is 10.9. The van der Waals surface area contributed by atoms with Crippen molar-refractivity contribution in [3.05, 3.63) is 54.1 Å². The monoisotopic (exact) mass is 413 g/mol. The smallest absolute Gasteiger partial charge is 0.193 e. The maximum atomic E-state index is 5.69. The third-order valence-corrected chi connectivity index (χ3v) is 5.62. The Hall–Kier alpha value is -2.38. The summed E-state index contributed by atoms with van der Waals surface area (Å²) in [6.45, 7) is 9.59.